The number of aromatic nitrogens is 2. The third-order valence-corrected chi connectivity index (χ3v) is 3.51. The lowest BCUT2D eigenvalue weighted by Crippen LogP contribution is -2.30. The third kappa shape index (κ3) is 2.60. The van der Waals surface area contributed by atoms with Crippen LogP contribution < -0.4 is 5.32 Å². The highest BCUT2D eigenvalue weighted by Gasteiger charge is 2.19. The van der Waals surface area contributed by atoms with Crippen molar-refractivity contribution in [3.63, 3.8) is 0 Å². The van der Waals surface area contributed by atoms with E-state index in [0.717, 1.165) is 5.65 Å². The van der Waals surface area contributed by atoms with Crippen LogP contribution in [0.4, 0.5) is 0 Å². The van der Waals surface area contributed by atoms with Crippen LogP contribution in [0.1, 0.15) is 28.0 Å². The maximum Gasteiger partial charge on any atom is 0.270 e. The van der Waals surface area contributed by atoms with Gasteiger partial charge in [-0.15, -0.1) is 0 Å². The molecule has 6 heteroatoms. The summed E-state index contributed by atoms with van der Waals surface area (Å²) < 4.78 is 12.4. The van der Waals surface area contributed by atoms with Crippen molar-refractivity contribution >= 4 is 11.6 Å². The zero-order valence-electron chi connectivity index (χ0n) is 12.4. The molecule has 0 spiro atoms. The molecule has 1 N–H and O–H groups in total. The minimum atomic E-state index is -0.321. The number of fused-ring (bicyclic) bond motifs is 1. The van der Waals surface area contributed by atoms with Crippen LogP contribution in [0.3, 0.4) is 0 Å². The molecule has 1 atom stereocenters. The summed E-state index contributed by atoms with van der Waals surface area (Å²) in [5.74, 6) is 0.488. The summed E-state index contributed by atoms with van der Waals surface area (Å²) in [7, 11) is 1.58. The highest BCUT2D eigenvalue weighted by atomic mass is 16.5. The number of carbonyl (C=O) groups excluding carboxylic acids is 1. The lowest BCUT2D eigenvalue weighted by Gasteiger charge is -2.13. The molecule has 0 bridgehead atoms. The first kappa shape index (κ1) is 14.3. The SMILES string of the molecule is COC(CNC(=O)c1c(C)nc2ccccn12)c1ccco1. The van der Waals surface area contributed by atoms with E-state index in [0.29, 0.717) is 23.7 Å². The lowest BCUT2D eigenvalue weighted by molar-refractivity contribution is 0.0735. The molecule has 22 heavy (non-hydrogen) atoms. The van der Waals surface area contributed by atoms with Gasteiger partial charge in [0.1, 0.15) is 23.2 Å². The molecule has 3 heterocycles. The van der Waals surface area contributed by atoms with Crippen LogP contribution in [0.5, 0.6) is 0 Å². The van der Waals surface area contributed by atoms with Gasteiger partial charge in [0.25, 0.3) is 5.91 Å². The van der Waals surface area contributed by atoms with Crippen molar-refractivity contribution in [2.75, 3.05) is 13.7 Å². The highest BCUT2D eigenvalue weighted by Crippen LogP contribution is 2.17. The Hall–Kier alpha value is -2.60. The number of ether oxygens (including phenoxy) is 1. The number of furan rings is 1. The fraction of sp³-hybridized carbons (Fsp3) is 0.250. The molecule has 3 aromatic heterocycles. The summed E-state index contributed by atoms with van der Waals surface area (Å²) in [5, 5.41) is 2.87. The minimum Gasteiger partial charge on any atom is -0.467 e. The van der Waals surface area contributed by atoms with Crippen LogP contribution in [0.25, 0.3) is 5.65 Å². The maximum atomic E-state index is 12.5. The predicted octanol–water partition coefficient (Wildman–Crippen LogP) is 2.35. The zero-order chi connectivity index (χ0) is 15.5. The number of amides is 1. The average Bonchev–Trinajstić information content (AvgIpc) is 3.14. The monoisotopic (exact) mass is 299 g/mol. The van der Waals surface area contributed by atoms with Crippen LogP contribution in [0.15, 0.2) is 47.2 Å². The standard InChI is InChI=1S/C16H17N3O3/c1-11-15(19-8-4-3-7-14(19)18-11)16(20)17-10-13(21-2)12-6-5-9-22-12/h3-9,13H,10H2,1-2H3,(H,17,20). The molecule has 0 saturated heterocycles. The van der Waals surface area contributed by atoms with E-state index in [1.807, 2.05) is 37.4 Å². The molecule has 3 aromatic rings. The number of carbonyl (C=O) groups is 1. The summed E-state index contributed by atoms with van der Waals surface area (Å²) in [6.45, 7) is 2.14. The smallest absolute Gasteiger partial charge is 0.270 e. The van der Waals surface area contributed by atoms with E-state index in [1.54, 1.807) is 23.8 Å². The molecule has 0 aromatic carbocycles. The normalized spacial score (nSPS) is 12.5. The Morgan fingerprint density at radius 2 is 2.27 bits per heavy atom. The quantitative estimate of drug-likeness (QED) is 0.785. The Balaban J connectivity index is 1.77. The van der Waals surface area contributed by atoms with Crippen molar-refractivity contribution in [2.24, 2.45) is 0 Å². The Kier molecular flexibility index (Phi) is 3.93. The number of methoxy groups -OCH3 is 1. The number of rotatable bonds is 5. The Labute approximate surface area is 127 Å². The predicted molar refractivity (Wildman–Crippen MR) is 80.7 cm³/mol. The van der Waals surface area contributed by atoms with E-state index in [9.17, 15) is 4.79 Å². The molecular weight excluding hydrogens is 282 g/mol. The molecule has 1 unspecified atom stereocenters. The largest absolute Gasteiger partial charge is 0.467 e. The number of nitrogens with zero attached hydrogens (tertiary/aromatic N) is 2. The number of imidazole rings is 1. The average molecular weight is 299 g/mol. The lowest BCUT2D eigenvalue weighted by atomic mass is 10.2. The second-order valence-corrected chi connectivity index (χ2v) is 4.92. The van der Waals surface area contributed by atoms with Gasteiger partial charge in [-0.05, 0) is 31.2 Å². The number of nitrogens with one attached hydrogen (secondary N) is 1. The molecular formula is C16H17N3O3. The van der Waals surface area contributed by atoms with Gasteiger partial charge in [-0.2, -0.15) is 0 Å². The maximum absolute atomic E-state index is 12.5. The molecule has 6 nitrogen and oxygen atoms in total. The molecule has 0 fully saturated rings. The van der Waals surface area contributed by atoms with Gasteiger partial charge in [-0.3, -0.25) is 9.20 Å². The molecule has 0 aliphatic rings. The van der Waals surface area contributed by atoms with E-state index < -0.39 is 0 Å². The summed E-state index contributed by atoms with van der Waals surface area (Å²) in [5.41, 5.74) is 1.97. The first-order valence-corrected chi connectivity index (χ1v) is 6.99. The third-order valence-electron chi connectivity index (χ3n) is 3.51. The summed E-state index contributed by atoms with van der Waals surface area (Å²) in [6, 6.07) is 9.23. The van der Waals surface area contributed by atoms with E-state index in [1.165, 1.54) is 0 Å². The molecule has 0 saturated carbocycles. The van der Waals surface area contributed by atoms with Gasteiger partial charge in [-0.25, -0.2) is 4.98 Å². The van der Waals surface area contributed by atoms with E-state index in [4.69, 9.17) is 9.15 Å². The van der Waals surface area contributed by atoms with Gasteiger partial charge in [-0.1, -0.05) is 6.07 Å². The van der Waals surface area contributed by atoms with Crippen LogP contribution >= 0.6 is 0 Å². The van der Waals surface area contributed by atoms with Gasteiger partial charge < -0.3 is 14.5 Å². The van der Waals surface area contributed by atoms with Crippen molar-refractivity contribution in [2.45, 2.75) is 13.0 Å². The van der Waals surface area contributed by atoms with Crippen molar-refractivity contribution < 1.29 is 13.9 Å². The van der Waals surface area contributed by atoms with Crippen molar-refractivity contribution in [3.05, 3.63) is 59.9 Å². The van der Waals surface area contributed by atoms with Crippen molar-refractivity contribution in [1.82, 2.24) is 14.7 Å². The van der Waals surface area contributed by atoms with Crippen molar-refractivity contribution in [1.29, 1.82) is 0 Å². The molecule has 1 amide bonds. The molecule has 0 aliphatic heterocycles. The molecule has 114 valence electrons. The van der Waals surface area contributed by atoms with Gasteiger partial charge in [0, 0.05) is 13.3 Å². The molecule has 0 aliphatic carbocycles. The zero-order valence-corrected chi connectivity index (χ0v) is 12.4. The van der Waals surface area contributed by atoms with E-state index >= 15 is 0 Å². The summed E-state index contributed by atoms with van der Waals surface area (Å²) >= 11 is 0. The van der Waals surface area contributed by atoms with Gasteiger partial charge in [0.05, 0.1) is 18.5 Å². The number of aryl methyl sites for hydroxylation is 1. The molecule has 3 rings (SSSR count). The Bertz CT molecular complexity index is 777. The number of hydrogen-bond donors (Lipinski definition) is 1. The fourth-order valence-corrected chi connectivity index (χ4v) is 2.43. The first-order chi connectivity index (χ1) is 10.7. The van der Waals surface area contributed by atoms with Gasteiger partial charge in [0.2, 0.25) is 0 Å². The van der Waals surface area contributed by atoms with Gasteiger partial charge in [0.15, 0.2) is 0 Å². The summed E-state index contributed by atoms with van der Waals surface area (Å²) in [4.78, 5) is 16.9. The fourth-order valence-electron chi connectivity index (χ4n) is 2.43. The van der Waals surface area contributed by atoms with E-state index in [-0.39, 0.29) is 12.0 Å². The van der Waals surface area contributed by atoms with Crippen LogP contribution in [-0.2, 0) is 4.74 Å². The topological polar surface area (TPSA) is 68.8 Å². The first-order valence-electron chi connectivity index (χ1n) is 6.99. The Morgan fingerprint density at radius 3 is 3.00 bits per heavy atom. The van der Waals surface area contributed by atoms with E-state index in [2.05, 4.69) is 10.3 Å². The molecule has 0 radical (unpaired) electrons. The van der Waals surface area contributed by atoms with Gasteiger partial charge >= 0.3 is 0 Å². The number of pyridine rings is 1. The highest BCUT2D eigenvalue weighted by molar-refractivity contribution is 5.94. The van der Waals surface area contributed by atoms with Crippen LogP contribution in [0.2, 0.25) is 0 Å². The Morgan fingerprint density at radius 1 is 1.41 bits per heavy atom. The van der Waals surface area contributed by atoms with Crippen LogP contribution in [-0.4, -0.2) is 28.9 Å². The summed E-state index contributed by atoms with van der Waals surface area (Å²) in [6.07, 6.45) is 3.08. The second kappa shape index (κ2) is 6.03. The van der Waals surface area contributed by atoms with Crippen molar-refractivity contribution in [3.8, 4) is 0 Å². The van der Waals surface area contributed by atoms with Crippen LogP contribution in [0, 0.1) is 6.92 Å². The second-order valence-electron chi connectivity index (χ2n) is 4.92. The minimum absolute atomic E-state index is 0.190. The number of hydrogen-bond acceptors (Lipinski definition) is 4.